The molecular formula is C15H16BrIN2O. The van der Waals surface area contributed by atoms with E-state index < -0.39 is 0 Å². The first-order valence-corrected chi connectivity index (χ1v) is 7.99. The molecule has 3 nitrogen and oxygen atoms in total. The largest absolute Gasteiger partial charge is 0.497 e. The maximum atomic E-state index is 5.79. The number of hydrazine groups is 1. The summed E-state index contributed by atoms with van der Waals surface area (Å²) >= 11 is 5.90. The lowest BCUT2D eigenvalue weighted by molar-refractivity contribution is 0.414. The van der Waals surface area contributed by atoms with E-state index in [9.17, 15) is 0 Å². The van der Waals surface area contributed by atoms with Crippen LogP contribution in [-0.2, 0) is 0 Å². The Kier molecular flexibility index (Phi) is 5.42. The summed E-state index contributed by atoms with van der Waals surface area (Å²) in [6, 6.07) is 12.2. The van der Waals surface area contributed by atoms with Crippen molar-refractivity contribution in [1.82, 2.24) is 5.43 Å². The topological polar surface area (TPSA) is 47.3 Å². The van der Waals surface area contributed by atoms with Crippen molar-refractivity contribution in [3.63, 3.8) is 0 Å². The fraction of sp³-hybridized carbons (Fsp3) is 0.200. The molecule has 0 saturated carbocycles. The number of halogens is 2. The van der Waals surface area contributed by atoms with Crippen molar-refractivity contribution in [2.45, 2.75) is 13.0 Å². The van der Waals surface area contributed by atoms with E-state index in [0.29, 0.717) is 0 Å². The molecule has 0 fully saturated rings. The number of nitrogens with two attached hydrogens (primary N) is 1. The fourth-order valence-electron chi connectivity index (χ4n) is 2.18. The fourth-order valence-corrected chi connectivity index (χ4v) is 3.17. The second kappa shape index (κ2) is 6.89. The van der Waals surface area contributed by atoms with Gasteiger partial charge in [-0.3, -0.25) is 5.84 Å². The van der Waals surface area contributed by atoms with Crippen molar-refractivity contribution in [3.05, 3.63) is 61.1 Å². The van der Waals surface area contributed by atoms with Gasteiger partial charge in [-0.25, -0.2) is 5.43 Å². The molecule has 0 aliphatic heterocycles. The molecule has 1 atom stereocenters. The maximum absolute atomic E-state index is 5.79. The van der Waals surface area contributed by atoms with Crippen LogP contribution in [0.3, 0.4) is 0 Å². The molecule has 2 aromatic carbocycles. The monoisotopic (exact) mass is 446 g/mol. The van der Waals surface area contributed by atoms with E-state index in [1.54, 1.807) is 7.11 Å². The molecule has 106 valence electrons. The second-order valence-electron chi connectivity index (χ2n) is 4.49. The van der Waals surface area contributed by atoms with E-state index in [-0.39, 0.29) is 6.04 Å². The third-order valence-corrected chi connectivity index (χ3v) is 4.62. The molecule has 0 radical (unpaired) electrons. The van der Waals surface area contributed by atoms with Crippen molar-refractivity contribution in [1.29, 1.82) is 0 Å². The van der Waals surface area contributed by atoms with E-state index >= 15 is 0 Å². The van der Waals surface area contributed by atoms with E-state index in [2.05, 4.69) is 63.0 Å². The Morgan fingerprint density at radius 3 is 2.55 bits per heavy atom. The van der Waals surface area contributed by atoms with Crippen molar-refractivity contribution < 1.29 is 4.74 Å². The molecule has 0 spiro atoms. The first kappa shape index (κ1) is 15.8. The zero-order valence-corrected chi connectivity index (χ0v) is 15.0. The van der Waals surface area contributed by atoms with Crippen LogP contribution in [0, 0.1) is 10.5 Å². The van der Waals surface area contributed by atoms with Gasteiger partial charge in [0.15, 0.2) is 0 Å². The maximum Gasteiger partial charge on any atom is 0.119 e. The first-order chi connectivity index (χ1) is 9.56. The van der Waals surface area contributed by atoms with E-state index in [1.165, 1.54) is 3.57 Å². The minimum Gasteiger partial charge on any atom is -0.497 e. The Balaban J connectivity index is 2.49. The zero-order chi connectivity index (χ0) is 14.7. The van der Waals surface area contributed by atoms with Crippen molar-refractivity contribution >= 4 is 38.5 Å². The average Bonchev–Trinajstić information content (AvgIpc) is 2.44. The molecule has 0 aliphatic rings. The molecule has 0 amide bonds. The molecule has 0 aliphatic carbocycles. The predicted octanol–water partition coefficient (Wildman–Crippen LogP) is 3.92. The number of benzene rings is 2. The summed E-state index contributed by atoms with van der Waals surface area (Å²) in [5, 5.41) is 0. The van der Waals surface area contributed by atoms with E-state index in [1.807, 2.05) is 24.3 Å². The van der Waals surface area contributed by atoms with Crippen molar-refractivity contribution in [3.8, 4) is 5.75 Å². The molecule has 0 aromatic heterocycles. The molecule has 0 bridgehead atoms. The molecular weight excluding hydrogens is 431 g/mol. The normalized spacial score (nSPS) is 12.2. The van der Waals surface area contributed by atoms with Crippen LogP contribution in [0.5, 0.6) is 5.75 Å². The van der Waals surface area contributed by atoms with Crippen molar-refractivity contribution in [2.24, 2.45) is 5.84 Å². The van der Waals surface area contributed by atoms with Gasteiger partial charge in [0, 0.05) is 8.04 Å². The van der Waals surface area contributed by atoms with Crippen LogP contribution in [0.15, 0.2) is 40.9 Å². The third-order valence-electron chi connectivity index (χ3n) is 3.22. The summed E-state index contributed by atoms with van der Waals surface area (Å²) in [5.74, 6) is 6.64. The third kappa shape index (κ3) is 3.33. The van der Waals surface area contributed by atoms with Crippen molar-refractivity contribution in [2.75, 3.05) is 7.11 Å². The van der Waals surface area contributed by atoms with Gasteiger partial charge in [-0.15, -0.1) is 0 Å². The highest BCUT2D eigenvalue weighted by atomic mass is 127. The Morgan fingerprint density at radius 2 is 1.95 bits per heavy atom. The van der Waals surface area contributed by atoms with E-state index in [0.717, 1.165) is 26.9 Å². The Bertz CT molecular complexity index is 619. The lowest BCUT2D eigenvalue weighted by Gasteiger charge is -2.21. The van der Waals surface area contributed by atoms with Gasteiger partial charge >= 0.3 is 0 Å². The molecule has 3 N–H and O–H groups in total. The average molecular weight is 447 g/mol. The van der Waals surface area contributed by atoms with Crippen LogP contribution in [0.2, 0.25) is 0 Å². The second-order valence-corrected chi connectivity index (χ2v) is 6.59. The minimum absolute atomic E-state index is 0.0648. The smallest absolute Gasteiger partial charge is 0.119 e. The quantitative estimate of drug-likeness (QED) is 0.425. The minimum atomic E-state index is -0.0648. The molecule has 0 heterocycles. The van der Waals surface area contributed by atoms with Gasteiger partial charge in [-0.05, 0) is 76.5 Å². The molecule has 0 saturated heterocycles. The number of nitrogens with one attached hydrogen (secondary N) is 1. The van der Waals surface area contributed by atoms with Crippen LogP contribution < -0.4 is 16.0 Å². The van der Waals surface area contributed by atoms with Crippen LogP contribution in [0.25, 0.3) is 0 Å². The van der Waals surface area contributed by atoms with Gasteiger partial charge in [0.2, 0.25) is 0 Å². The van der Waals surface area contributed by atoms with Gasteiger partial charge in [0.1, 0.15) is 5.75 Å². The molecule has 1 unspecified atom stereocenters. The number of rotatable bonds is 4. The van der Waals surface area contributed by atoms with Crippen LogP contribution in [-0.4, -0.2) is 7.11 Å². The summed E-state index contributed by atoms with van der Waals surface area (Å²) < 4.78 is 7.46. The standard InChI is InChI=1S/C15H16BrIN2O/c1-9-7-11(20-2)4-5-12(9)15(19-18)13-8-10(17)3-6-14(13)16/h3-8,15,19H,18H2,1-2H3. The van der Waals surface area contributed by atoms with Crippen LogP contribution in [0.4, 0.5) is 0 Å². The predicted molar refractivity (Wildman–Crippen MR) is 93.8 cm³/mol. The Hall–Kier alpha value is -0.630. The lowest BCUT2D eigenvalue weighted by Crippen LogP contribution is -2.29. The number of methoxy groups -OCH3 is 1. The number of hydrogen-bond donors (Lipinski definition) is 2. The summed E-state index contributed by atoms with van der Waals surface area (Å²) in [6.07, 6.45) is 0. The zero-order valence-electron chi connectivity index (χ0n) is 11.3. The van der Waals surface area contributed by atoms with Gasteiger partial charge in [-0.1, -0.05) is 22.0 Å². The van der Waals surface area contributed by atoms with Gasteiger partial charge in [0.05, 0.1) is 13.2 Å². The summed E-state index contributed by atoms with van der Waals surface area (Å²) in [4.78, 5) is 0. The Labute approximate surface area is 141 Å². The number of ether oxygens (including phenoxy) is 1. The Morgan fingerprint density at radius 1 is 1.20 bits per heavy atom. The summed E-state index contributed by atoms with van der Waals surface area (Å²) in [6.45, 7) is 2.06. The first-order valence-electron chi connectivity index (χ1n) is 6.12. The van der Waals surface area contributed by atoms with Crippen LogP contribution in [0.1, 0.15) is 22.7 Å². The summed E-state index contributed by atoms with van der Waals surface area (Å²) in [5.41, 5.74) is 6.30. The molecule has 20 heavy (non-hydrogen) atoms. The molecule has 2 rings (SSSR count). The molecule has 5 heteroatoms. The van der Waals surface area contributed by atoms with Gasteiger partial charge in [0.25, 0.3) is 0 Å². The highest BCUT2D eigenvalue weighted by Crippen LogP contribution is 2.32. The molecule has 2 aromatic rings. The number of aryl methyl sites for hydroxylation is 1. The van der Waals surface area contributed by atoms with E-state index in [4.69, 9.17) is 10.6 Å². The van der Waals surface area contributed by atoms with Crippen LogP contribution >= 0.6 is 38.5 Å². The van der Waals surface area contributed by atoms with Gasteiger partial charge < -0.3 is 4.74 Å². The highest BCUT2D eigenvalue weighted by Gasteiger charge is 2.18. The van der Waals surface area contributed by atoms with Gasteiger partial charge in [-0.2, -0.15) is 0 Å². The lowest BCUT2D eigenvalue weighted by atomic mass is 9.95. The number of hydrogen-bond acceptors (Lipinski definition) is 3. The summed E-state index contributed by atoms with van der Waals surface area (Å²) in [7, 11) is 1.67. The SMILES string of the molecule is COc1ccc(C(NN)c2cc(I)ccc2Br)c(C)c1. The highest BCUT2D eigenvalue weighted by molar-refractivity contribution is 14.1.